The summed E-state index contributed by atoms with van der Waals surface area (Å²) in [5.41, 5.74) is 3.47. The van der Waals surface area contributed by atoms with Gasteiger partial charge in [0, 0.05) is 18.7 Å². The minimum atomic E-state index is -0.962. The first kappa shape index (κ1) is 23.6. The smallest absolute Gasteiger partial charge is 0.337 e. The van der Waals surface area contributed by atoms with Crippen LogP contribution >= 0.6 is 0 Å². The lowest BCUT2D eigenvalue weighted by molar-refractivity contribution is -0.136. The fourth-order valence-corrected chi connectivity index (χ4v) is 4.31. The van der Waals surface area contributed by atoms with Crippen LogP contribution in [0.2, 0.25) is 0 Å². The zero-order chi connectivity index (χ0) is 24.2. The van der Waals surface area contributed by atoms with E-state index < -0.39 is 29.7 Å². The zero-order valence-electron chi connectivity index (χ0n) is 19.1. The van der Waals surface area contributed by atoms with Crippen LogP contribution in [0.5, 0.6) is 0 Å². The average molecular weight is 465 g/mol. The number of carbonyl (C=O) groups is 2. The van der Waals surface area contributed by atoms with Crippen molar-refractivity contribution in [3.8, 4) is 0 Å². The number of benzene rings is 3. The van der Waals surface area contributed by atoms with Crippen molar-refractivity contribution in [2.75, 3.05) is 7.11 Å². The Morgan fingerprint density at radius 3 is 2.44 bits per heavy atom. The minimum Gasteiger partial charge on any atom is -0.465 e. The van der Waals surface area contributed by atoms with E-state index >= 15 is 0 Å². The summed E-state index contributed by atoms with van der Waals surface area (Å²) in [4.78, 5) is 27.0. The molecule has 0 fully saturated rings. The molecule has 1 aliphatic heterocycles. The third-order valence-electron chi connectivity index (χ3n) is 6.29. The van der Waals surface area contributed by atoms with Crippen molar-refractivity contribution in [1.82, 2.24) is 10.2 Å². The van der Waals surface area contributed by atoms with Crippen molar-refractivity contribution in [3.63, 3.8) is 0 Å². The second kappa shape index (κ2) is 10.1. The molecule has 1 aliphatic rings. The molecule has 0 bridgehead atoms. The number of halogens is 2. The Bertz CT molecular complexity index is 1200. The Hall–Kier alpha value is -3.58. The van der Waals surface area contributed by atoms with Crippen LogP contribution < -0.4 is 5.32 Å². The fraction of sp³-hybridized carbons (Fsp3) is 0.259. The Morgan fingerprint density at radius 1 is 1.03 bits per heavy atom. The molecule has 3 aromatic rings. The van der Waals surface area contributed by atoms with Crippen LogP contribution in [-0.4, -0.2) is 29.9 Å². The molecule has 34 heavy (non-hydrogen) atoms. The molecule has 4 rings (SSSR count). The normalized spacial score (nSPS) is 15.8. The summed E-state index contributed by atoms with van der Waals surface area (Å²) < 4.78 is 33.4. The van der Waals surface area contributed by atoms with Crippen molar-refractivity contribution in [2.45, 2.75) is 38.5 Å². The van der Waals surface area contributed by atoms with Crippen LogP contribution in [0.1, 0.15) is 45.6 Å². The van der Waals surface area contributed by atoms with Crippen LogP contribution in [0, 0.1) is 11.6 Å². The van der Waals surface area contributed by atoms with Gasteiger partial charge in [0.05, 0.1) is 24.8 Å². The average Bonchev–Trinajstić information content (AvgIpc) is 2.87. The van der Waals surface area contributed by atoms with Gasteiger partial charge >= 0.3 is 5.97 Å². The van der Waals surface area contributed by atoms with Crippen molar-refractivity contribution in [1.29, 1.82) is 0 Å². The first-order chi connectivity index (χ1) is 16.4. The van der Waals surface area contributed by atoms with E-state index in [-0.39, 0.29) is 18.0 Å². The van der Waals surface area contributed by atoms with E-state index in [1.165, 1.54) is 19.2 Å². The summed E-state index contributed by atoms with van der Waals surface area (Å²) in [6.07, 6.45) is 0.505. The van der Waals surface area contributed by atoms with E-state index in [0.717, 1.165) is 22.8 Å². The van der Waals surface area contributed by atoms with Crippen LogP contribution in [-0.2, 0) is 29.0 Å². The SMILES string of the molecule is COC(=O)c1ccc(CN(C(=O)C2Cc3ccccc3CN2)C(C)c2cccc(F)c2F)cc1. The molecule has 5 nitrogen and oxygen atoms in total. The molecule has 2 atom stereocenters. The number of fused-ring (bicyclic) bond motifs is 1. The van der Waals surface area contributed by atoms with Gasteiger partial charge in [-0.15, -0.1) is 0 Å². The van der Waals surface area contributed by atoms with Gasteiger partial charge in [0.25, 0.3) is 0 Å². The number of hydrogen-bond donors (Lipinski definition) is 1. The molecular weight excluding hydrogens is 438 g/mol. The van der Waals surface area contributed by atoms with Crippen LogP contribution in [0.4, 0.5) is 8.78 Å². The predicted octanol–water partition coefficient (Wildman–Crippen LogP) is 4.56. The molecule has 7 heteroatoms. The zero-order valence-corrected chi connectivity index (χ0v) is 19.1. The Morgan fingerprint density at radius 2 is 1.74 bits per heavy atom. The number of nitrogens with zero attached hydrogens (tertiary/aromatic N) is 1. The van der Waals surface area contributed by atoms with Gasteiger partial charge in [-0.3, -0.25) is 4.79 Å². The molecule has 1 amide bonds. The Kier molecular flexibility index (Phi) is 7.03. The van der Waals surface area contributed by atoms with E-state index in [2.05, 4.69) is 5.32 Å². The molecule has 0 radical (unpaired) electrons. The van der Waals surface area contributed by atoms with Gasteiger partial charge < -0.3 is 15.0 Å². The van der Waals surface area contributed by atoms with Crippen molar-refractivity contribution in [3.05, 3.63) is 106 Å². The summed E-state index contributed by atoms with van der Waals surface area (Å²) in [6.45, 7) is 2.41. The number of hydrogen-bond acceptors (Lipinski definition) is 4. The van der Waals surface area contributed by atoms with E-state index in [1.807, 2.05) is 24.3 Å². The lowest BCUT2D eigenvalue weighted by atomic mass is 9.94. The molecule has 2 unspecified atom stereocenters. The largest absolute Gasteiger partial charge is 0.465 e. The highest BCUT2D eigenvalue weighted by Gasteiger charge is 2.32. The number of esters is 1. The molecule has 0 saturated heterocycles. The number of nitrogens with one attached hydrogen (secondary N) is 1. The highest BCUT2D eigenvalue weighted by atomic mass is 19.2. The standard InChI is InChI=1S/C27H26F2N2O3/c1-17(22-8-5-9-23(28)25(22)29)31(16-18-10-12-19(13-11-18)27(33)34-2)26(32)24-14-20-6-3-4-7-21(20)15-30-24/h3-13,17,24,30H,14-16H2,1-2H3. The lowest BCUT2D eigenvalue weighted by Gasteiger charge is -2.35. The van der Waals surface area contributed by atoms with E-state index in [0.29, 0.717) is 18.5 Å². The van der Waals surface area contributed by atoms with Crippen LogP contribution in [0.25, 0.3) is 0 Å². The fourth-order valence-electron chi connectivity index (χ4n) is 4.31. The monoisotopic (exact) mass is 464 g/mol. The van der Waals surface area contributed by atoms with Crippen LogP contribution in [0.15, 0.2) is 66.7 Å². The maximum absolute atomic E-state index is 14.7. The molecular formula is C27H26F2N2O3. The van der Waals surface area contributed by atoms with Gasteiger partial charge in [-0.2, -0.15) is 0 Å². The molecule has 3 aromatic carbocycles. The summed E-state index contributed by atoms with van der Waals surface area (Å²) in [7, 11) is 1.31. The number of rotatable bonds is 6. The maximum Gasteiger partial charge on any atom is 0.337 e. The minimum absolute atomic E-state index is 0.107. The van der Waals surface area contributed by atoms with Gasteiger partial charge in [0.1, 0.15) is 0 Å². The molecule has 0 spiro atoms. The molecule has 0 saturated carbocycles. The third-order valence-corrected chi connectivity index (χ3v) is 6.29. The van der Waals surface area contributed by atoms with Crippen molar-refractivity contribution < 1.29 is 23.1 Å². The van der Waals surface area contributed by atoms with E-state index in [1.54, 1.807) is 36.1 Å². The Balaban J connectivity index is 1.64. The van der Waals surface area contributed by atoms with Gasteiger partial charge in [-0.25, -0.2) is 13.6 Å². The van der Waals surface area contributed by atoms with Gasteiger partial charge in [0.2, 0.25) is 5.91 Å². The topological polar surface area (TPSA) is 58.6 Å². The highest BCUT2D eigenvalue weighted by molar-refractivity contribution is 5.89. The lowest BCUT2D eigenvalue weighted by Crippen LogP contribution is -2.50. The molecule has 0 aliphatic carbocycles. The van der Waals surface area contributed by atoms with Crippen molar-refractivity contribution in [2.24, 2.45) is 0 Å². The second-order valence-electron chi connectivity index (χ2n) is 8.38. The summed E-state index contributed by atoms with van der Waals surface area (Å²) in [5, 5.41) is 3.29. The summed E-state index contributed by atoms with van der Waals surface area (Å²) >= 11 is 0. The number of amides is 1. The number of ether oxygens (including phenoxy) is 1. The van der Waals surface area contributed by atoms with Gasteiger partial charge in [0.15, 0.2) is 11.6 Å². The van der Waals surface area contributed by atoms with E-state index in [4.69, 9.17) is 4.74 Å². The maximum atomic E-state index is 14.7. The number of methoxy groups -OCH3 is 1. The second-order valence-corrected chi connectivity index (χ2v) is 8.38. The molecule has 1 heterocycles. The quantitative estimate of drug-likeness (QED) is 0.544. The Labute approximate surface area is 197 Å². The van der Waals surface area contributed by atoms with Crippen molar-refractivity contribution >= 4 is 11.9 Å². The summed E-state index contributed by atoms with van der Waals surface area (Å²) in [6, 6.07) is 17.4. The van der Waals surface area contributed by atoms with E-state index in [9.17, 15) is 18.4 Å². The highest BCUT2D eigenvalue weighted by Crippen LogP contribution is 2.28. The third kappa shape index (κ3) is 4.84. The molecule has 176 valence electrons. The van der Waals surface area contributed by atoms with Gasteiger partial charge in [-0.1, -0.05) is 48.5 Å². The van der Waals surface area contributed by atoms with Crippen LogP contribution in [0.3, 0.4) is 0 Å². The molecule has 0 aromatic heterocycles. The molecule has 1 N–H and O–H groups in total. The van der Waals surface area contributed by atoms with Gasteiger partial charge in [-0.05, 0) is 48.2 Å². The first-order valence-electron chi connectivity index (χ1n) is 11.1. The summed E-state index contributed by atoms with van der Waals surface area (Å²) in [5.74, 6) is -2.58. The first-order valence-corrected chi connectivity index (χ1v) is 11.1. The predicted molar refractivity (Wildman–Crippen MR) is 124 cm³/mol. The number of carbonyl (C=O) groups excluding carboxylic acids is 2.